The van der Waals surface area contributed by atoms with Crippen LogP contribution in [-0.4, -0.2) is 16.9 Å². The van der Waals surface area contributed by atoms with Crippen molar-refractivity contribution in [2.24, 2.45) is 0 Å². The lowest BCUT2D eigenvalue weighted by Crippen LogP contribution is -2.23. The second-order valence-corrected chi connectivity index (χ2v) is 4.85. The Bertz CT molecular complexity index is 358. The third-order valence-corrected chi connectivity index (χ3v) is 2.64. The van der Waals surface area contributed by atoms with Crippen molar-refractivity contribution in [2.75, 3.05) is 7.11 Å². The fraction of sp³-hybridized carbons (Fsp3) is 0.667. The molecule has 0 amide bonds. The normalized spacial score (nSPS) is 12.3. The maximum absolute atomic E-state index is 12.7. The average Bonchev–Trinajstić information content (AvgIpc) is 2.41. The van der Waals surface area contributed by atoms with Crippen LogP contribution in [0.3, 0.4) is 0 Å². The summed E-state index contributed by atoms with van der Waals surface area (Å²) in [6, 6.07) is 0. The SMILES string of the molecule is COc1nn(C(C)(C)C)c(Br)c1C(F)F. The highest BCUT2D eigenvalue weighted by atomic mass is 79.9. The first kappa shape index (κ1) is 12.4. The van der Waals surface area contributed by atoms with Crippen molar-refractivity contribution in [1.82, 2.24) is 9.78 Å². The largest absolute Gasteiger partial charge is 0.480 e. The highest BCUT2D eigenvalue weighted by Crippen LogP contribution is 2.37. The zero-order chi connectivity index (χ0) is 11.8. The predicted molar refractivity (Wildman–Crippen MR) is 56.4 cm³/mol. The molecule has 1 aromatic heterocycles. The molecule has 15 heavy (non-hydrogen) atoms. The van der Waals surface area contributed by atoms with E-state index in [1.54, 1.807) is 0 Å². The van der Waals surface area contributed by atoms with Crippen LogP contribution < -0.4 is 4.74 Å². The van der Waals surface area contributed by atoms with Crippen molar-refractivity contribution in [1.29, 1.82) is 0 Å². The molecule has 0 saturated heterocycles. The van der Waals surface area contributed by atoms with Crippen molar-refractivity contribution < 1.29 is 13.5 Å². The van der Waals surface area contributed by atoms with Gasteiger partial charge >= 0.3 is 0 Å². The molecule has 0 bridgehead atoms. The van der Waals surface area contributed by atoms with E-state index in [1.165, 1.54) is 11.8 Å². The van der Waals surface area contributed by atoms with E-state index in [4.69, 9.17) is 4.74 Å². The third-order valence-electron chi connectivity index (χ3n) is 1.88. The molecule has 0 spiro atoms. The van der Waals surface area contributed by atoms with Gasteiger partial charge in [0.05, 0.1) is 12.6 Å². The number of methoxy groups -OCH3 is 1. The highest BCUT2D eigenvalue weighted by Gasteiger charge is 2.28. The van der Waals surface area contributed by atoms with Crippen LogP contribution in [0, 0.1) is 0 Å². The smallest absolute Gasteiger partial charge is 0.271 e. The fourth-order valence-corrected chi connectivity index (χ4v) is 2.12. The molecule has 0 aliphatic heterocycles. The molecule has 0 atom stereocenters. The Kier molecular flexibility index (Phi) is 3.38. The molecule has 1 aromatic rings. The van der Waals surface area contributed by atoms with Crippen LogP contribution in [0.2, 0.25) is 0 Å². The highest BCUT2D eigenvalue weighted by molar-refractivity contribution is 9.10. The van der Waals surface area contributed by atoms with Crippen LogP contribution in [0.15, 0.2) is 4.60 Å². The van der Waals surface area contributed by atoms with Gasteiger partial charge in [0.25, 0.3) is 6.43 Å². The summed E-state index contributed by atoms with van der Waals surface area (Å²) in [6.07, 6.45) is -2.61. The van der Waals surface area contributed by atoms with E-state index in [9.17, 15) is 8.78 Å². The molecule has 0 saturated carbocycles. The van der Waals surface area contributed by atoms with Gasteiger partial charge < -0.3 is 4.74 Å². The summed E-state index contributed by atoms with van der Waals surface area (Å²) in [5.41, 5.74) is -0.577. The first-order valence-corrected chi connectivity index (χ1v) is 5.19. The average molecular weight is 283 g/mol. The zero-order valence-corrected chi connectivity index (χ0v) is 10.6. The number of hydrogen-bond acceptors (Lipinski definition) is 2. The lowest BCUT2D eigenvalue weighted by atomic mass is 10.1. The number of alkyl halides is 2. The van der Waals surface area contributed by atoms with E-state index < -0.39 is 6.43 Å². The second kappa shape index (κ2) is 4.08. The van der Waals surface area contributed by atoms with Crippen molar-refractivity contribution in [3.05, 3.63) is 10.2 Å². The van der Waals surface area contributed by atoms with Gasteiger partial charge in [-0.1, -0.05) is 0 Å². The van der Waals surface area contributed by atoms with Crippen LogP contribution in [0.5, 0.6) is 5.88 Å². The number of halogens is 3. The Morgan fingerprint density at radius 2 is 1.93 bits per heavy atom. The number of nitrogens with zero attached hydrogens (tertiary/aromatic N) is 2. The van der Waals surface area contributed by atoms with Gasteiger partial charge in [0.15, 0.2) is 0 Å². The summed E-state index contributed by atoms with van der Waals surface area (Å²) < 4.78 is 32.0. The van der Waals surface area contributed by atoms with E-state index in [1.807, 2.05) is 20.8 Å². The van der Waals surface area contributed by atoms with E-state index in [0.29, 0.717) is 0 Å². The number of rotatable bonds is 2. The Hall–Kier alpha value is -0.650. The lowest BCUT2D eigenvalue weighted by Gasteiger charge is -2.20. The number of aromatic nitrogens is 2. The minimum atomic E-state index is -2.61. The summed E-state index contributed by atoms with van der Waals surface area (Å²) in [7, 11) is 1.33. The van der Waals surface area contributed by atoms with Gasteiger partial charge in [-0.3, -0.25) is 0 Å². The van der Waals surface area contributed by atoms with Crippen LogP contribution in [-0.2, 0) is 5.54 Å². The van der Waals surface area contributed by atoms with Crippen molar-refractivity contribution in [2.45, 2.75) is 32.7 Å². The first-order valence-electron chi connectivity index (χ1n) is 4.40. The lowest BCUT2D eigenvalue weighted by molar-refractivity contribution is 0.146. The molecule has 0 fully saturated rings. The number of hydrogen-bond donors (Lipinski definition) is 0. The van der Waals surface area contributed by atoms with Crippen LogP contribution in [0.25, 0.3) is 0 Å². The summed E-state index contributed by atoms with van der Waals surface area (Å²) in [4.78, 5) is 0. The topological polar surface area (TPSA) is 27.1 Å². The minimum absolute atomic E-state index is 0.0354. The molecule has 0 radical (unpaired) electrons. The molecule has 6 heteroatoms. The maximum Gasteiger partial charge on any atom is 0.271 e. The van der Waals surface area contributed by atoms with Gasteiger partial charge in [-0.05, 0) is 36.7 Å². The quantitative estimate of drug-likeness (QED) is 0.832. The molecular weight excluding hydrogens is 270 g/mol. The van der Waals surface area contributed by atoms with Crippen LogP contribution >= 0.6 is 15.9 Å². The Morgan fingerprint density at radius 1 is 1.40 bits per heavy atom. The molecule has 1 heterocycles. The van der Waals surface area contributed by atoms with Gasteiger partial charge in [0.2, 0.25) is 5.88 Å². The Morgan fingerprint density at radius 3 is 2.20 bits per heavy atom. The van der Waals surface area contributed by atoms with Gasteiger partial charge in [-0.15, -0.1) is 5.10 Å². The molecule has 86 valence electrons. The second-order valence-electron chi connectivity index (χ2n) is 4.10. The molecule has 0 aromatic carbocycles. The third kappa shape index (κ3) is 2.30. The van der Waals surface area contributed by atoms with Crippen molar-refractivity contribution in [3.63, 3.8) is 0 Å². The van der Waals surface area contributed by atoms with Gasteiger partial charge in [-0.2, -0.15) is 0 Å². The Balaban J connectivity index is 3.35. The van der Waals surface area contributed by atoms with Crippen molar-refractivity contribution >= 4 is 15.9 Å². The van der Waals surface area contributed by atoms with Gasteiger partial charge in [-0.25, -0.2) is 13.5 Å². The molecule has 0 N–H and O–H groups in total. The maximum atomic E-state index is 12.7. The molecule has 0 unspecified atom stereocenters. The minimum Gasteiger partial charge on any atom is -0.480 e. The van der Waals surface area contributed by atoms with Gasteiger partial charge in [0, 0.05) is 0 Å². The standard InChI is InChI=1S/C9H13BrF2N2O/c1-9(2,3)14-6(10)5(7(11)12)8(13-14)15-4/h7H,1-4H3. The predicted octanol–water partition coefficient (Wildman–Crippen LogP) is 3.35. The summed E-state index contributed by atoms with van der Waals surface area (Å²) >= 11 is 3.12. The van der Waals surface area contributed by atoms with Crippen LogP contribution in [0.1, 0.15) is 32.8 Å². The van der Waals surface area contributed by atoms with E-state index >= 15 is 0 Å². The van der Waals surface area contributed by atoms with Gasteiger partial charge in [0.1, 0.15) is 10.2 Å². The molecular formula is C9H13BrF2N2O. The monoisotopic (exact) mass is 282 g/mol. The number of ether oxygens (including phenoxy) is 1. The molecule has 0 aliphatic rings. The van der Waals surface area contributed by atoms with E-state index in [0.717, 1.165) is 0 Å². The molecule has 3 nitrogen and oxygen atoms in total. The summed E-state index contributed by atoms with van der Waals surface area (Å²) in [5, 5.41) is 3.99. The fourth-order valence-electron chi connectivity index (χ4n) is 1.17. The van der Waals surface area contributed by atoms with Crippen LogP contribution in [0.4, 0.5) is 8.78 Å². The summed E-state index contributed by atoms with van der Waals surface area (Å²) in [5.74, 6) is -0.0354. The summed E-state index contributed by atoms with van der Waals surface area (Å²) in [6.45, 7) is 5.62. The van der Waals surface area contributed by atoms with E-state index in [2.05, 4.69) is 21.0 Å². The van der Waals surface area contributed by atoms with Crippen molar-refractivity contribution in [3.8, 4) is 5.88 Å². The van der Waals surface area contributed by atoms with E-state index in [-0.39, 0.29) is 21.6 Å². The Labute approximate surface area is 95.5 Å². The first-order chi connectivity index (χ1) is 6.79. The molecule has 1 rings (SSSR count). The molecule has 0 aliphatic carbocycles. The zero-order valence-electron chi connectivity index (χ0n) is 9.01.